The Bertz CT molecular complexity index is 683. The third kappa shape index (κ3) is 4.60. The summed E-state index contributed by atoms with van der Waals surface area (Å²) < 4.78 is 0. The van der Waals surface area contributed by atoms with E-state index in [1.807, 2.05) is 23.3 Å². The number of nitrogens with zero attached hydrogens (tertiary/aromatic N) is 3. The van der Waals surface area contributed by atoms with Gasteiger partial charge in [-0.05, 0) is 48.1 Å². The number of carbonyl (C=O) groups excluding carboxylic acids is 1. The van der Waals surface area contributed by atoms with Gasteiger partial charge >= 0.3 is 0 Å². The molecular formula is C20H31IN4OS. The number of guanidine groups is 1. The molecule has 1 aromatic heterocycles. The zero-order valence-corrected chi connectivity index (χ0v) is 19.4. The number of hydrogen-bond donors (Lipinski definition) is 1. The van der Waals surface area contributed by atoms with Gasteiger partial charge in [0.1, 0.15) is 0 Å². The van der Waals surface area contributed by atoms with E-state index in [2.05, 4.69) is 26.7 Å². The van der Waals surface area contributed by atoms with Crippen molar-refractivity contribution >= 4 is 47.2 Å². The zero-order chi connectivity index (χ0) is 18.0. The van der Waals surface area contributed by atoms with Crippen LogP contribution in [-0.4, -0.2) is 54.9 Å². The Labute approximate surface area is 183 Å². The van der Waals surface area contributed by atoms with Gasteiger partial charge in [-0.3, -0.25) is 9.79 Å². The molecule has 0 bridgehead atoms. The van der Waals surface area contributed by atoms with E-state index in [-0.39, 0.29) is 29.9 Å². The van der Waals surface area contributed by atoms with E-state index in [1.54, 1.807) is 0 Å². The van der Waals surface area contributed by atoms with Crippen LogP contribution in [0.5, 0.6) is 0 Å². The fourth-order valence-corrected chi connectivity index (χ4v) is 5.78. The number of nitrogens with one attached hydrogen (secondary N) is 1. The molecule has 3 aliphatic rings. The van der Waals surface area contributed by atoms with Crippen molar-refractivity contribution in [3.63, 3.8) is 0 Å². The highest BCUT2D eigenvalue weighted by Crippen LogP contribution is 2.43. The van der Waals surface area contributed by atoms with Crippen molar-refractivity contribution in [2.45, 2.75) is 51.5 Å². The van der Waals surface area contributed by atoms with Gasteiger partial charge in [0, 0.05) is 38.1 Å². The number of likely N-dealkylation sites (tertiary alicyclic amines) is 1. The second-order valence-electron chi connectivity index (χ2n) is 8.07. The predicted octanol–water partition coefficient (Wildman–Crippen LogP) is 3.48. The SMILES string of the molecule is CN=C(NCC(=O)N1CCc2sccc2C1)N1CCC2(CCCCC2)C1.I. The Balaban J connectivity index is 0.00000210. The lowest BCUT2D eigenvalue weighted by Crippen LogP contribution is -2.47. The van der Waals surface area contributed by atoms with Crippen LogP contribution in [0.1, 0.15) is 49.0 Å². The van der Waals surface area contributed by atoms with Gasteiger partial charge in [0.2, 0.25) is 5.91 Å². The van der Waals surface area contributed by atoms with Crippen LogP contribution in [0, 0.1) is 5.41 Å². The lowest BCUT2D eigenvalue weighted by Gasteiger charge is -2.33. The van der Waals surface area contributed by atoms with Crippen LogP contribution in [0.25, 0.3) is 0 Å². The summed E-state index contributed by atoms with van der Waals surface area (Å²) in [4.78, 5) is 22.9. The molecule has 150 valence electrons. The molecule has 7 heteroatoms. The summed E-state index contributed by atoms with van der Waals surface area (Å²) in [5.74, 6) is 1.07. The zero-order valence-electron chi connectivity index (χ0n) is 16.2. The summed E-state index contributed by atoms with van der Waals surface area (Å²) in [6.07, 6.45) is 9.11. The van der Waals surface area contributed by atoms with Gasteiger partial charge < -0.3 is 15.1 Å². The van der Waals surface area contributed by atoms with E-state index >= 15 is 0 Å². The Kier molecular flexibility index (Phi) is 7.05. The number of halogens is 1. The monoisotopic (exact) mass is 502 g/mol. The molecule has 3 heterocycles. The van der Waals surface area contributed by atoms with E-state index in [0.29, 0.717) is 12.0 Å². The lowest BCUT2D eigenvalue weighted by molar-refractivity contribution is -0.130. The molecule has 1 aromatic rings. The van der Waals surface area contributed by atoms with Crippen LogP contribution >= 0.6 is 35.3 Å². The molecule has 1 aliphatic carbocycles. The van der Waals surface area contributed by atoms with Crippen molar-refractivity contribution in [2.75, 3.05) is 33.2 Å². The average molecular weight is 502 g/mol. The van der Waals surface area contributed by atoms with E-state index < -0.39 is 0 Å². The third-order valence-corrected chi connectivity index (χ3v) is 7.44. The number of amides is 1. The topological polar surface area (TPSA) is 47.9 Å². The smallest absolute Gasteiger partial charge is 0.242 e. The molecule has 1 spiro atoms. The second-order valence-corrected chi connectivity index (χ2v) is 9.07. The quantitative estimate of drug-likeness (QED) is 0.383. The Morgan fingerprint density at radius 1 is 1.22 bits per heavy atom. The number of fused-ring (bicyclic) bond motifs is 1. The van der Waals surface area contributed by atoms with Crippen molar-refractivity contribution in [3.05, 3.63) is 21.9 Å². The second kappa shape index (κ2) is 9.11. The van der Waals surface area contributed by atoms with Crippen LogP contribution in [0.4, 0.5) is 0 Å². The summed E-state index contributed by atoms with van der Waals surface area (Å²) in [5, 5.41) is 5.47. The largest absolute Gasteiger partial charge is 0.347 e. The van der Waals surface area contributed by atoms with Gasteiger partial charge in [-0.2, -0.15) is 0 Å². The first-order valence-corrected chi connectivity index (χ1v) is 10.9. The molecule has 0 aromatic carbocycles. The van der Waals surface area contributed by atoms with Crippen LogP contribution in [0.3, 0.4) is 0 Å². The maximum Gasteiger partial charge on any atom is 0.242 e. The minimum atomic E-state index is 0. The molecule has 1 saturated heterocycles. The summed E-state index contributed by atoms with van der Waals surface area (Å²) >= 11 is 1.81. The van der Waals surface area contributed by atoms with Gasteiger partial charge in [-0.25, -0.2) is 0 Å². The van der Waals surface area contributed by atoms with Crippen molar-refractivity contribution in [1.82, 2.24) is 15.1 Å². The molecule has 1 N–H and O–H groups in total. The Hall–Kier alpha value is -0.830. The summed E-state index contributed by atoms with van der Waals surface area (Å²) in [6.45, 7) is 4.10. The highest BCUT2D eigenvalue weighted by Gasteiger charge is 2.39. The Morgan fingerprint density at radius 3 is 2.81 bits per heavy atom. The van der Waals surface area contributed by atoms with Gasteiger partial charge in [0.05, 0.1) is 6.54 Å². The lowest BCUT2D eigenvalue weighted by atomic mass is 9.73. The highest BCUT2D eigenvalue weighted by molar-refractivity contribution is 14.0. The first kappa shape index (κ1) is 20.9. The molecule has 0 unspecified atom stereocenters. The molecule has 27 heavy (non-hydrogen) atoms. The standard InChI is InChI=1S/C20H30N4OS.HI/c1-21-19(24-11-9-20(15-24)7-3-2-4-8-20)22-13-18(25)23-10-5-17-16(14-23)6-12-26-17;/h6,12H,2-5,7-11,13-15H2,1H3,(H,21,22);1H. The van der Waals surface area contributed by atoms with Crippen LogP contribution in [0.2, 0.25) is 0 Å². The summed E-state index contributed by atoms with van der Waals surface area (Å²) in [5.41, 5.74) is 1.82. The van der Waals surface area contributed by atoms with E-state index in [0.717, 1.165) is 38.6 Å². The fourth-order valence-electron chi connectivity index (χ4n) is 4.89. The number of aliphatic imine (C=N–C) groups is 1. The molecule has 2 aliphatic heterocycles. The van der Waals surface area contributed by atoms with Gasteiger partial charge in [-0.15, -0.1) is 35.3 Å². The predicted molar refractivity (Wildman–Crippen MR) is 122 cm³/mol. The molecule has 2 fully saturated rings. The van der Waals surface area contributed by atoms with Crippen molar-refractivity contribution in [1.29, 1.82) is 0 Å². The van der Waals surface area contributed by atoms with E-state index in [1.165, 1.54) is 49.0 Å². The molecule has 5 nitrogen and oxygen atoms in total. The Morgan fingerprint density at radius 2 is 2.04 bits per heavy atom. The molecule has 1 amide bonds. The minimum absolute atomic E-state index is 0. The molecular weight excluding hydrogens is 471 g/mol. The first-order valence-electron chi connectivity index (χ1n) is 9.98. The number of rotatable bonds is 2. The van der Waals surface area contributed by atoms with Gasteiger partial charge in [0.25, 0.3) is 0 Å². The average Bonchev–Trinajstić information content (AvgIpc) is 3.29. The van der Waals surface area contributed by atoms with Gasteiger partial charge in [-0.1, -0.05) is 19.3 Å². The molecule has 0 radical (unpaired) electrons. The summed E-state index contributed by atoms with van der Waals surface area (Å²) in [7, 11) is 1.83. The number of hydrogen-bond acceptors (Lipinski definition) is 3. The van der Waals surface area contributed by atoms with Crippen molar-refractivity contribution in [2.24, 2.45) is 10.4 Å². The maximum atomic E-state index is 12.7. The van der Waals surface area contributed by atoms with E-state index in [4.69, 9.17) is 0 Å². The van der Waals surface area contributed by atoms with Crippen molar-refractivity contribution in [3.8, 4) is 0 Å². The number of thiophene rings is 1. The minimum Gasteiger partial charge on any atom is -0.347 e. The third-order valence-electron chi connectivity index (χ3n) is 6.42. The maximum absolute atomic E-state index is 12.7. The molecule has 0 atom stereocenters. The van der Waals surface area contributed by atoms with Crippen LogP contribution in [0.15, 0.2) is 16.4 Å². The van der Waals surface area contributed by atoms with Crippen LogP contribution < -0.4 is 5.32 Å². The number of carbonyl (C=O) groups is 1. The molecule has 1 saturated carbocycles. The normalized spacial score (nSPS) is 21.7. The molecule has 4 rings (SSSR count). The van der Waals surface area contributed by atoms with E-state index in [9.17, 15) is 4.79 Å². The van der Waals surface area contributed by atoms with Gasteiger partial charge in [0.15, 0.2) is 5.96 Å². The van der Waals surface area contributed by atoms with Crippen molar-refractivity contribution < 1.29 is 4.79 Å². The summed E-state index contributed by atoms with van der Waals surface area (Å²) in [6, 6.07) is 2.15. The first-order chi connectivity index (χ1) is 12.7. The highest BCUT2D eigenvalue weighted by atomic mass is 127. The fraction of sp³-hybridized carbons (Fsp3) is 0.700. The van der Waals surface area contributed by atoms with Crippen LogP contribution in [-0.2, 0) is 17.8 Å².